The Kier molecular flexibility index (Phi) is 18.1. The van der Waals surface area contributed by atoms with Gasteiger partial charge in [0.25, 0.3) is 0 Å². The molecule has 0 amide bonds. The molecular formula is C50H68N10O6S2Si2. The van der Waals surface area contributed by atoms with Crippen molar-refractivity contribution >= 4 is 69.4 Å². The molecule has 4 aromatic heterocycles. The Hall–Kier alpha value is -5.39. The molecule has 0 radical (unpaired) electrons. The van der Waals surface area contributed by atoms with E-state index >= 15 is 0 Å². The van der Waals surface area contributed by atoms with E-state index in [0.29, 0.717) is 65.8 Å². The molecule has 70 heavy (non-hydrogen) atoms. The summed E-state index contributed by atoms with van der Waals surface area (Å²) in [6, 6.07) is 18.8. The van der Waals surface area contributed by atoms with Gasteiger partial charge in [-0.2, -0.15) is 9.97 Å². The first-order valence-corrected chi connectivity index (χ1v) is 32.7. The van der Waals surface area contributed by atoms with Crippen molar-refractivity contribution < 1.29 is 28.5 Å². The lowest BCUT2D eigenvalue weighted by atomic mass is 9.98. The van der Waals surface area contributed by atoms with E-state index in [0.717, 1.165) is 90.8 Å². The van der Waals surface area contributed by atoms with Crippen molar-refractivity contribution in [2.45, 2.75) is 115 Å². The van der Waals surface area contributed by atoms with Crippen molar-refractivity contribution in [2.24, 2.45) is 0 Å². The smallest absolute Gasteiger partial charge is 0.306 e. The monoisotopic (exact) mass is 1020 g/mol. The highest BCUT2D eigenvalue weighted by Crippen LogP contribution is 2.41. The van der Waals surface area contributed by atoms with Gasteiger partial charge in [0.05, 0.1) is 39.1 Å². The number of hydrogen-bond acceptors (Lipinski definition) is 15. The van der Waals surface area contributed by atoms with Crippen LogP contribution < -0.4 is 20.1 Å². The van der Waals surface area contributed by atoms with Gasteiger partial charge in [0.15, 0.2) is 0 Å². The van der Waals surface area contributed by atoms with Gasteiger partial charge >= 0.3 is 5.97 Å². The minimum absolute atomic E-state index is 0.248. The van der Waals surface area contributed by atoms with Crippen molar-refractivity contribution in [3.8, 4) is 34.0 Å². The number of H-pyrrole nitrogens is 1. The maximum absolute atomic E-state index is 11.6. The van der Waals surface area contributed by atoms with E-state index in [1.807, 2.05) is 28.9 Å². The number of aromatic amines is 1. The molecule has 8 rings (SSSR count). The Labute approximate surface area is 423 Å². The second-order valence-electron chi connectivity index (χ2n) is 19.8. The summed E-state index contributed by atoms with van der Waals surface area (Å²) in [4.78, 5) is 29.4. The lowest BCUT2D eigenvalue weighted by Crippen LogP contribution is -2.22. The van der Waals surface area contributed by atoms with Gasteiger partial charge in [-0.3, -0.25) is 9.89 Å². The van der Waals surface area contributed by atoms with Gasteiger partial charge < -0.3 is 34.3 Å². The van der Waals surface area contributed by atoms with Gasteiger partial charge in [0.1, 0.15) is 13.5 Å². The van der Waals surface area contributed by atoms with Crippen LogP contribution >= 0.6 is 24.0 Å². The molecule has 3 N–H and O–H groups in total. The first-order valence-electron chi connectivity index (χ1n) is 23.9. The average molecular weight is 1030 g/mol. The number of esters is 1. The van der Waals surface area contributed by atoms with Crippen LogP contribution in [0.2, 0.25) is 51.4 Å². The van der Waals surface area contributed by atoms with Crippen LogP contribution in [0.25, 0.3) is 22.3 Å². The largest absolute Gasteiger partial charge is 0.481 e. The van der Waals surface area contributed by atoms with E-state index in [1.165, 1.54) is 41.1 Å². The van der Waals surface area contributed by atoms with Gasteiger partial charge in [-0.15, -0.1) is 5.10 Å². The number of aromatic nitrogens is 8. The van der Waals surface area contributed by atoms with Crippen molar-refractivity contribution in [2.75, 3.05) is 50.9 Å². The number of benzene rings is 2. The van der Waals surface area contributed by atoms with Crippen molar-refractivity contribution in [3.63, 3.8) is 0 Å². The van der Waals surface area contributed by atoms with E-state index in [4.69, 9.17) is 46.0 Å². The summed E-state index contributed by atoms with van der Waals surface area (Å²) in [5.41, 5.74) is 11.6. The number of rotatable bonds is 22. The number of fused-ring (bicyclic) bond motifs is 2. The van der Waals surface area contributed by atoms with Crippen molar-refractivity contribution in [1.82, 2.24) is 39.5 Å². The minimum Gasteiger partial charge on any atom is -0.481 e. The predicted octanol–water partition coefficient (Wildman–Crippen LogP) is 11.1. The van der Waals surface area contributed by atoms with Crippen molar-refractivity contribution in [1.29, 1.82) is 0 Å². The maximum atomic E-state index is 11.6. The summed E-state index contributed by atoms with van der Waals surface area (Å²) >= 11 is 6.76. The lowest BCUT2D eigenvalue weighted by Gasteiger charge is -2.18. The lowest BCUT2D eigenvalue weighted by molar-refractivity contribution is -0.140. The summed E-state index contributed by atoms with van der Waals surface area (Å²) in [5.74, 6) is 2.72. The number of pyridine rings is 2. The fourth-order valence-corrected chi connectivity index (χ4v) is 10.7. The average Bonchev–Trinajstić information content (AvgIpc) is 4.17. The number of carbonyl (C=O) groups is 1. The minimum atomic E-state index is -1.21. The second-order valence-corrected chi connectivity index (χ2v) is 32.4. The van der Waals surface area contributed by atoms with E-state index in [1.54, 1.807) is 31.3 Å². The number of carbonyl (C=O) groups excluding carboxylic acids is 1. The van der Waals surface area contributed by atoms with Gasteiger partial charge in [-0.1, -0.05) is 75.3 Å². The van der Waals surface area contributed by atoms with Crippen LogP contribution in [0, 0.1) is 4.77 Å². The highest BCUT2D eigenvalue weighted by Gasteiger charge is 2.24. The Morgan fingerprint density at radius 2 is 1.27 bits per heavy atom. The number of anilines is 4. The molecular weight excluding hydrogens is 957 g/mol. The quantitative estimate of drug-likeness (QED) is 0.0192. The molecule has 16 nitrogen and oxygen atoms in total. The summed E-state index contributed by atoms with van der Waals surface area (Å²) in [5, 5.41) is 15.6. The molecule has 20 heteroatoms. The number of nitrogens with one attached hydrogen (secondary N) is 3. The maximum Gasteiger partial charge on any atom is 0.306 e. The molecule has 0 bridgehead atoms. The van der Waals surface area contributed by atoms with E-state index in [9.17, 15) is 4.79 Å². The second kappa shape index (κ2) is 24.2. The Morgan fingerprint density at radius 3 is 1.80 bits per heavy atom. The van der Waals surface area contributed by atoms with Crippen LogP contribution in [0.1, 0.15) is 41.5 Å². The first kappa shape index (κ1) is 52.4. The SMILES string of the molecule is COC(=O)CCSc1nc(Nc2c(-c3ccnc(OC)c3)ccc3c2CCC3)n(COCC[Si](C)(C)C)n1.COc1cc(-c2ccc3c(c2Nc2nc(=S)[nH]n2COCC[Si](C)(C)C)CCC3)ccn1. The molecule has 0 aliphatic heterocycles. The van der Waals surface area contributed by atoms with Crippen LogP contribution in [0.3, 0.4) is 0 Å². The highest BCUT2D eigenvalue weighted by molar-refractivity contribution is 7.99. The molecule has 6 aromatic rings. The number of thioether (sulfide) groups is 1. The molecule has 0 saturated carbocycles. The standard InChI is InChI=1S/C27H37N5O4SSi.C23H31N5O2SSi/c1-34-23-17-20(11-13-28-23)22-10-9-19-7-6-8-21(19)25(22)29-26-30-27(37-15-12-24(33)35-2)31-32(26)18-36-14-16-38(3,4)5;1-29-20-14-17(10-11-24-20)19-9-8-16-6-5-7-18(16)21(19)25-22-26-23(31)27-28(22)15-30-12-13-32(2,3)4/h9-11,13,17H,6-8,12,14-16,18H2,1-5H3,(H,29,30,31);8-11,14H,5-7,12-13,15H2,1-4H3,(H2,25,26,27,31). The zero-order valence-corrected chi connectivity index (χ0v) is 45.7. The fourth-order valence-electron chi connectivity index (χ4n) is 8.20. The number of aryl methyl sites for hydroxylation is 2. The van der Waals surface area contributed by atoms with Crippen molar-refractivity contribution in [3.05, 3.63) is 87.9 Å². The number of ether oxygens (including phenoxy) is 5. The Balaban J connectivity index is 0.000000209. The molecule has 0 unspecified atom stereocenters. The summed E-state index contributed by atoms with van der Waals surface area (Å²) in [6.07, 6.45) is 10.3. The van der Waals surface area contributed by atoms with E-state index in [2.05, 4.69) is 94.2 Å². The number of hydrogen-bond donors (Lipinski definition) is 3. The molecule has 0 atom stereocenters. The van der Waals surface area contributed by atoms with E-state index in [-0.39, 0.29) is 5.97 Å². The van der Waals surface area contributed by atoms with Crippen LogP contribution in [-0.2, 0) is 58.2 Å². The van der Waals surface area contributed by atoms with Gasteiger partial charge in [-0.05, 0) is 108 Å². The molecule has 2 aliphatic carbocycles. The Bertz CT molecular complexity index is 2790. The highest BCUT2D eigenvalue weighted by atomic mass is 32.2. The summed E-state index contributed by atoms with van der Waals surface area (Å²) < 4.78 is 31.5. The zero-order chi connectivity index (χ0) is 49.8. The van der Waals surface area contributed by atoms with Crippen LogP contribution in [0.4, 0.5) is 23.3 Å². The van der Waals surface area contributed by atoms with Gasteiger partial charge in [-0.25, -0.2) is 19.3 Å². The summed E-state index contributed by atoms with van der Waals surface area (Å²) in [7, 11) is 2.30. The van der Waals surface area contributed by atoms with E-state index < -0.39 is 16.1 Å². The fraction of sp³-hybridized carbons (Fsp3) is 0.460. The van der Waals surface area contributed by atoms with Gasteiger partial charge in [0.2, 0.25) is 33.6 Å². The third-order valence-corrected chi connectivity index (χ3v) is 16.5. The number of nitrogens with zero attached hydrogens (tertiary/aromatic N) is 7. The van der Waals surface area contributed by atoms with Crippen LogP contribution in [0.15, 0.2) is 66.1 Å². The van der Waals surface area contributed by atoms with Crippen LogP contribution in [0.5, 0.6) is 11.8 Å². The third kappa shape index (κ3) is 14.4. The Morgan fingerprint density at radius 1 is 0.729 bits per heavy atom. The van der Waals surface area contributed by atoms with Crippen LogP contribution in [-0.4, -0.2) is 102 Å². The molecule has 0 saturated heterocycles. The predicted molar refractivity (Wildman–Crippen MR) is 286 cm³/mol. The zero-order valence-electron chi connectivity index (χ0n) is 42.1. The normalized spacial score (nSPS) is 13.0. The molecule has 2 aliphatic rings. The molecule has 2 aromatic carbocycles. The molecule has 4 heterocycles. The number of methoxy groups -OCH3 is 3. The van der Waals surface area contributed by atoms with Gasteiger partial charge in [0, 0.05) is 70.8 Å². The molecule has 374 valence electrons. The first-order chi connectivity index (χ1) is 33.6. The summed E-state index contributed by atoms with van der Waals surface area (Å²) in [6.45, 7) is 16.1. The topological polar surface area (TPSA) is 177 Å². The third-order valence-electron chi connectivity index (χ3n) is 12.1. The molecule has 0 spiro atoms. The molecule has 0 fully saturated rings.